The molecule has 0 saturated heterocycles. The Morgan fingerprint density at radius 1 is 0.328 bits per heavy atom. The van der Waals surface area contributed by atoms with Crippen LogP contribution in [0.15, 0.2) is 194 Å². The van der Waals surface area contributed by atoms with E-state index >= 15 is 0 Å². The second kappa shape index (κ2) is 15.1. The van der Waals surface area contributed by atoms with Crippen LogP contribution >= 0.6 is 0 Å². The summed E-state index contributed by atoms with van der Waals surface area (Å²) < 4.78 is 11.6. The first-order valence-electron chi connectivity index (χ1n) is 20.9. The Balaban J connectivity index is 1.17. The van der Waals surface area contributed by atoms with Crippen LogP contribution in [-0.4, -0.2) is 36.6 Å². The zero-order valence-electron chi connectivity index (χ0n) is 33.5. The molecule has 0 atom stereocenters. The van der Waals surface area contributed by atoms with E-state index in [-0.39, 0.29) is 26.4 Å². The number of hydrogen-bond acceptors (Lipinski definition) is 4. The minimum Gasteiger partial charge on any atom is -0.491 e. The Labute approximate surface area is 354 Å². The lowest BCUT2D eigenvalue weighted by Crippen LogP contribution is -2.28. The molecule has 0 saturated carbocycles. The molecule has 0 heterocycles. The fourth-order valence-electron chi connectivity index (χ4n) is 9.64. The van der Waals surface area contributed by atoms with Crippen LogP contribution in [0.25, 0.3) is 76.5 Å². The van der Waals surface area contributed by atoms with E-state index in [0.29, 0.717) is 0 Å². The largest absolute Gasteiger partial charge is 0.491 e. The lowest BCUT2D eigenvalue weighted by molar-refractivity contribution is 0.201. The maximum Gasteiger partial charge on any atom is 0.120 e. The Hall–Kier alpha value is -7.24. The average Bonchev–Trinajstić information content (AvgIpc) is 3.61. The molecule has 10 aromatic carbocycles. The molecule has 0 radical (unpaired) electrons. The van der Waals surface area contributed by atoms with Crippen LogP contribution in [0.3, 0.4) is 0 Å². The van der Waals surface area contributed by atoms with Crippen molar-refractivity contribution >= 4 is 43.1 Å². The van der Waals surface area contributed by atoms with Gasteiger partial charge in [-0.2, -0.15) is 0 Å². The van der Waals surface area contributed by atoms with Gasteiger partial charge in [0.2, 0.25) is 0 Å². The van der Waals surface area contributed by atoms with Gasteiger partial charge < -0.3 is 19.7 Å². The summed E-state index contributed by atoms with van der Waals surface area (Å²) in [7, 11) is 0. The number of rotatable bonds is 10. The van der Waals surface area contributed by atoms with Gasteiger partial charge in [0.05, 0.1) is 18.6 Å². The minimum atomic E-state index is -0.672. The van der Waals surface area contributed by atoms with Crippen molar-refractivity contribution in [3.63, 3.8) is 0 Å². The molecule has 294 valence electrons. The van der Waals surface area contributed by atoms with E-state index in [2.05, 4.69) is 182 Å². The van der Waals surface area contributed by atoms with Crippen molar-refractivity contribution in [3.05, 3.63) is 216 Å². The zero-order chi connectivity index (χ0) is 40.9. The second-order valence-electron chi connectivity index (χ2n) is 16.0. The van der Waals surface area contributed by atoms with Crippen LogP contribution in [0.5, 0.6) is 11.5 Å². The average molecular weight is 791 g/mol. The van der Waals surface area contributed by atoms with Crippen molar-refractivity contribution in [2.45, 2.75) is 5.41 Å². The van der Waals surface area contributed by atoms with Gasteiger partial charge in [0.25, 0.3) is 0 Å². The summed E-state index contributed by atoms with van der Waals surface area (Å²) >= 11 is 0. The van der Waals surface area contributed by atoms with Gasteiger partial charge in [0.15, 0.2) is 0 Å². The third-order valence-corrected chi connectivity index (χ3v) is 12.5. The molecular weight excluding hydrogens is 749 g/mol. The highest BCUT2D eigenvalue weighted by Crippen LogP contribution is 2.58. The van der Waals surface area contributed by atoms with Gasteiger partial charge >= 0.3 is 0 Å². The fraction of sp³-hybridized carbons (Fsp3) is 0.0877. The Morgan fingerprint density at radius 2 is 0.689 bits per heavy atom. The van der Waals surface area contributed by atoms with E-state index in [1.54, 1.807) is 0 Å². The van der Waals surface area contributed by atoms with E-state index in [1.807, 2.05) is 12.1 Å². The lowest BCUT2D eigenvalue weighted by Gasteiger charge is -2.34. The van der Waals surface area contributed by atoms with Gasteiger partial charge in [-0.25, -0.2) is 0 Å². The molecule has 1 aliphatic carbocycles. The molecule has 0 fully saturated rings. The summed E-state index contributed by atoms with van der Waals surface area (Å²) in [5, 5.41) is 28.1. The van der Waals surface area contributed by atoms with E-state index in [9.17, 15) is 10.2 Å². The molecule has 11 rings (SSSR count). The highest BCUT2D eigenvalue weighted by atomic mass is 16.5. The van der Waals surface area contributed by atoms with Crippen LogP contribution in [-0.2, 0) is 5.41 Å². The summed E-state index contributed by atoms with van der Waals surface area (Å²) in [5.41, 5.74) is 11.3. The van der Waals surface area contributed by atoms with Crippen molar-refractivity contribution in [2.24, 2.45) is 0 Å². The number of aliphatic hydroxyl groups is 2. The van der Waals surface area contributed by atoms with Crippen molar-refractivity contribution in [1.82, 2.24) is 0 Å². The molecule has 0 aromatic heterocycles. The first-order valence-corrected chi connectivity index (χ1v) is 20.9. The Bertz CT molecular complexity index is 3090. The molecule has 0 aliphatic heterocycles. The van der Waals surface area contributed by atoms with Crippen molar-refractivity contribution in [2.75, 3.05) is 26.4 Å². The number of hydrogen-bond donors (Lipinski definition) is 2. The highest BCUT2D eigenvalue weighted by Gasteiger charge is 2.46. The van der Waals surface area contributed by atoms with Crippen molar-refractivity contribution < 1.29 is 19.7 Å². The van der Waals surface area contributed by atoms with E-state index in [1.165, 1.54) is 77.2 Å². The van der Waals surface area contributed by atoms with Gasteiger partial charge in [-0.3, -0.25) is 0 Å². The number of ether oxygens (including phenoxy) is 2. The third kappa shape index (κ3) is 6.31. The first kappa shape index (κ1) is 36.8. The predicted octanol–water partition coefficient (Wildman–Crippen LogP) is 12.7. The van der Waals surface area contributed by atoms with Gasteiger partial charge in [0.1, 0.15) is 24.7 Å². The topological polar surface area (TPSA) is 58.9 Å². The van der Waals surface area contributed by atoms with Crippen LogP contribution in [0, 0.1) is 0 Å². The van der Waals surface area contributed by atoms with Crippen LogP contribution in [0.2, 0.25) is 0 Å². The number of benzene rings is 10. The maximum absolute atomic E-state index is 9.42. The third-order valence-electron chi connectivity index (χ3n) is 12.5. The molecule has 0 spiro atoms. The molecule has 61 heavy (non-hydrogen) atoms. The highest BCUT2D eigenvalue weighted by molar-refractivity contribution is 5.96. The maximum atomic E-state index is 9.42. The fourth-order valence-corrected chi connectivity index (χ4v) is 9.64. The Kier molecular flexibility index (Phi) is 9.11. The molecular formula is C57H42O4. The molecule has 0 amide bonds. The SMILES string of the molecule is OCCOc1ccc2cc(C3(c4ccc5cc(OCCO)ccc5c4)c4ccc(-c5ccc6ccccc6c5)cc4-c4cc(-c5ccc6ccccc6c5)ccc43)ccc2c1. The smallest absolute Gasteiger partial charge is 0.120 e. The lowest BCUT2D eigenvalue weighted by atomic mass is 9.67. The molecule has 0 unspecified atom stereocenters. The predicted molar refractivity (Wildman–Crippen MR) is 250 cm³/mol. The number of aliphatic hydroxyl groups excluding tert-OH is 2. The number of fused-ring (bicyclic) bond motifs is 7. The minimum absolute atomic E-state index is 0.0355. The van der Waals surface area contributed by atoms with E-state index in [4.69, 9.17) is 9.47 Å². The van der Waals surface area contributed by atoms with E-state index < -0.39 is 5.41 Å². The van der Waals surface area contributed by atoms with Gasteiger partial charge in [0, 0.05) is 0 Å². The quantitative estimate of drug-likeness (QED) is 0.145. The summed E-state index contributed by atoms with van der Waals surface area (Å²) in [6, 6.07) is 70.7. The van der Waals surface area contributed by atoms with Crippen molar-refractivity contribution in [1.29, 1.82) is 0 Å². The Morgan fingerprint density at radius 3 is 1.15 bits per heavy atom. The summed E-state index contributed by atoms with van der Waals surface area (Å²) in [5.74, 6) is 1.47. The summed E-state index contributed by atoms with van der Waals surface area (Å²) in [6.45, 7) is 0.428. The summed E-state index contributed by atoms with van der Waals surface area (Å²) in [4.78, 5) is 0. The molecule has 4 nitrogen and oxygen atoms in total. The van der Waals surface area contributed by atoms with Crippen LogP contribution in [0.4, 0.5) is 0 Å². The van der Waals surface area contributed by atoms with Gasteiger partial charge in [-0.15, -0.1) is 0 Å². The van der Waals surface area contributed by atoms with Gasteiger partial charge in [-0.1, -0.05) is 133 Å². The van der Waals surface area contributed by atoms with Gasteiger partial charge in [-0.05, 0) is 159 Å². The monoisotopic (exact) mass is 790 g/mol. The summed E-state index contributed by atoms with van der Waals surface area (Å²) in [6.07, 6.45) is 0. The molecule has 4 heteroatoms. The molecule has 0 bridgehead atoms. The zero-order valence-corrected chi connectivity index (χ0v) is 33.5. The van der Waals surface area contributed by atoms with Crippen LogP contribution < -0.4 is 9.47 Å². The van der Waals surface area contributed by atoms with Crippen molar-refractivity contribution in [3.8, 4) is 44.9 Å². The molecule has 1 aliphatic rings. The normalized spacial score (nSPS) is 12.8. The second-order valence-corrected chi connectivity index (χ2v) is 16.0. The van der Waals surface area contributed by atoms with E-state index in [0.717, 1.165) is 33.0 Å². The standard InChI is InChI=1S/C57H42O4/c58-25-27-60-51-21-15-43-31-49(19-13-45(43)33-51)57(50-20-14-46-34-52(61-28-26-59)22-16-44(46)32-50)55-23-17-47(41-11-9-37-5-1-3-7-39(37)29-41)35-53(55)54-36-48(18-24-56(54)57)42-12-10-38-6-2-4-8-40(38)30-42/h1-24,29-36,58-59H,25-28H2. The molecule has 10 aromatic rings. The van der Waals surface area contributed by atoms with Crippen LogP contribution in [0.1, 0.15) is 22.3 Å². The first-order chi connectivity index (χ1) is 30.1. The molecule has 2 N–H and O–H groups in total.